The highest BCUT2D eigenvalue weighted by Crippen LogP contribution is 2.17. The maximum Gasteiger partial charge on any atom is 0.0635 e. The minimum atomic E-state index is -0.557. The molecule has 2 nitrogen and oxygen atoms in total. The average Bonchev–Trinajstić information content (AvgIpc) is 2.25. The molecule has 0 spiro atoms. The Kier molecular flexibility index (Phi) is 4.79. The summed E-state index contributed by atoms with van der Waals surface area (Å²) in [5.41, 5.74) is 0.737. The predicted molar refractivity (Wildman–Crippen MR) is 63.9 cm³/mol. The number of nitrogens with one attached hydrogen (secondary N) is 1. The van der Waals surface area contributed by atoms with Crippen LogP contribution in [-0.4, -0.2) is 24.3 Å². The summed E-state index contributed by atoms with van der Waals surface area (Å²) in [6.07, 6.45) is 2.56. The van der Waals surface area contributed by atoms with E-state index in [9.17, 15) is 5.11 Å². The van der Waals surface area contributed by atoms with Crippen molar-refractivity contribution in [3.8, 4) is 0 Å². The molecule has 15 heavy (non-hydrogen) atoms. The first-order valence-corrected chi connectivity index (χ1v) is 5.55. The molecule has 1 atom stereocenters. The first kappa shape index (κ1) is 12.2. The van der Waals surface area contributed by atoms with Crippen molar-refractivity contribution < 1.29 is 5.11 Å². The molecule has 0 amide bonds. The van der Waals surface area contributed by atoms with E-state index in [1.807, 2.05) is 32.2 Å². The first-order valence-electron chi connectivity index (χ1n) is 5.55. The van der Waals surface area contributed by atoms with Crippen LogP contribution in [0.3, 0.4) is 0 Å². The Morgan fingerprint density at radius 3 is 2.47 bits per heavy atom. The Bertz CT molecular complexity index is 269. The third-order valence-corrected chi connectivity index (χ3v) is 2.71. The monoisotopic (exact) mass is 207 g/mol. The zero-order valence-corrected chi connectivity index (χ0v) is 9.66. The molecule has 0 fully saturated rings. The Labute approximate surface area is 92.3 Å². The molecule has 0 bridgehead atoms. The van der Waals surface area contributed by atoms with Crippen LogP contribution < -0.4 is 5.32 Å². The van der Waals surface area contributed by atoms with Gasteiger partial charge in [-0.25, -0.2) is 0 Å². The molecule has 0 saturated heterocycles. The van der Waals surface area contributed by atoms with Crippen molar-refractivity contribution >= 4 is 0 Å². The van der Waals surface area contributed by atoms with Crippen molar-refractivity contribution in [2.75, 3.05) is 13.6 Å². The molecule has 1 aromatic carbocycles. The summed E-state index contributed by atoms with van der Waals surface area (Å²) < 4.78 is 0. The van der Waals surface area contributed by atoms with Gasteiger partial charge in [0.25, 0.3) is 0 Å². The van der Waals surface area contributed by atoms with Crippen molar-refractivity contribution in [3.63, 3.8) is 0 Å². The lowest BCUT2D eigenvalue weighted by atomic mass is 9.94. The van der Waals surface area contributed by atoms with E-state index >= 15 is 0 Å². The number of rotatable bonds is 6. The highest BCUT2D eigenvalue weighted by molar-refractivity contribution is 5.14. The van der Waals surface area contributed by atoms with Gasteiger partial charge in [-0.05, 0) is 45.3 Å². The molecule has 2 N–H and O–H groups in total. The first-order chi connectivity index (χ1) is 7.14. The molecule has 84 valence electrons. The lowest BCUT2D eigenvalue weighted by molar-refractivity contribution is 0.0431. The van der Waals surface area contributed by atoms with Crippen LogP contribution in [0, 0.1) is 0 Å². The van der Waals surface area contributed by atoms with Crippen LogP contribution in [0.25, 0.3) is 0 Å². The zero-order valence-electron chi connectivity index (χ0n) is 9.66. The van der Waals surface area contributed by atoms with E-state index in [1.54, 1.807) is 0 Å². The van der Waals surface area contributed by atoms with Gasteiger partial charge >= 0.3 is 0 Å². The molecular formula is C13H21NO. The number of benzene rings is 1. The summed E-state index contributed by atoms with van der Waals surface area (Å²) in [6, 6.07) is 10.3. The van der Waals surface area contributed by atoms with Gasteiger partial charge in [-0.15, -0.1) is 0 Å². The number of aliphatic hydroxyl groups is 1. The molecule has 0 aromatic heterocycles. The van der Waals surface area contributed by atoms with Crippen molar-refractivity contribution in [3.05, 3.63) is 35.9 Å². The highest BCUT2D eigenvalue weighted by atomic mass is 16.3. The maximum atomic E-state index is 10.1. The van der Waals surface area contributed by atoms with Crippen molar-refractivity contribution in [2.24, 2.45) is 0 Å². The Balaban J connectivity index is 2.35. The molecule has 1 unspecified atom stereocenters. The van der Waals surface area contributed by atoms with E-state index in [0.717, 1.165) is 25.8 Å². The maximum absolute atomic E-state index is 10.1. The van der Waals surface area contributed by atoms with Gasteiger partial charge in [0, 0.05) is 0 Å². The van der Waals surface area contributed by atoms with E-state index in [1.165, 1.54) is 5.56 Å². The normalized spacial score (nSPS) is 14.9. The minimum absolute atomic E-state index is 0.557. The van der Waals surface area contributed by atoms with Gasteiger partial charge in [-0.2, -0.15) is 0 Å². The summed E-state index contributed by atoms with van der Waals surface area (Å²) in [4.78, 5) is 0. The van der Waals surface area contributed by atoms with Crippen molar-refractivity contribution in [1.29, 1.82) is 0 Å². The third kappa shape index (κ3) is 4.96. The fraction of sp³-hybridized carbons (Fsp3) is 0.538. The lowest BCUT2D eigenvalue weighted by Crippen LogP contribution is -2.29. The van der Waals surface area contributed by atoms with Crippen molar-refractivity contribution in [1.82, 2.24) is 5.32 Å². The topological polar surface area (TPSA) is 32.3 Å². The van der Waals surface area contributed by atoms with Gasteiger partial charge in [0.15, 0.2) is 0 Å². The number of hydrogen-bond acceptors (Lipinski definition) is 2. The van der Waals surface area contributed by atoms with Gasteiger partial charge in [0.1, 0.15) is 0 Å². The van der Waals surface area contributed by atoms with Gasteiger partial charge in [-0.3, -0.25) is 0 Å². The van der Waals surface area contributed by atoms with Crippen molar-refractivity contribution in [2.45, 2.75) is 31.8 Å². The van der Waals surface area contributed by atoms with E-state index in [-0.39, 0.29) is 0 Å². The molecular weight excluding hydrogens is 186 g/mol. The van der Waals surface area contributed by atoms with Crippen LogP contribution in [0.1, 0.15) is 25.3 Å². The molecule has 2 heteroatoms. The van der Waals surface area contributed by atoms with E-state index < -0.39 is 5.60 Å². The van der Waals surface area contributed by atoms with E-state index in [2.05, 4.69) is 17.4 Å². The van der Waals surface area contributed by atoms with Gasteiger partial charge in [0.05, 0.1) is 5.60 Å². The second-order valence-corrected chi connectivity index (χ2v) is 4.34. The third-order valence-electron chi connectivity index (χ3n) is 2.71. The minimum Gasteiger partial charge on any atom is -0.390 e. The zero-order chi connectivity index (χ0) is 11.1. The molecule has 1 aromatic rings. The average molecular weight is 207 g/mol. The Morgan fingerprint density at radius 1 is 1.20 bits per heavy atom. The number of aryl methyl sites for hydroxylation is 1. The van der Waals surface area contributed by atoms with E-state index in [4.69, 9.17) is 0 Å². The van der Waals surface area contributed by atoms with Crippen LogP contribution in [0.15, 0.2) is 30.3 Å². The largest absolute Gasteiger partial charge is 0.390 e. The Hall–Kier alpha value is -0.860. The summed E-state index contributed by atoms with van der Waals surface area (Å²) in [6.45, 7) is 2.77. The quantitative estimate of drug-likeness (QED) is 0.747. The molecule has 0 radical (unpaired) electrons. The second-order valence-electron chi connectivity index (χ2n) is 4.34. The Morgan fingerprint density at radius 2 is 1.87 bits per heavy atom. The summed E-state index contributed by atoms with van der Waals surface area (Å²) in [5.74, 6) is 0. The second kappa shape index (κ2) is 5.89. The smallest absolute Gasteiger partial charge is 0.0635 e. The van der Waals surface area contributed by atoms with Crippen LogP contribution in [0.2, 0.25) is 0 Å². The molecule has 0 aliphatic heterocycles. The molecule has 0 heterocycles. The van der Waals surface area contributed by atoms with Crippen LogP contribution in [0.5, 0.6) is 0 Å². The number of hydrogen-bond donors (Lipinski definition) is 2. The van der Waals surface area contributed by atoms with Crippen LogP contribution >= 0.6 is 0 Å². The fourth-order valence-corrected chi connectivity index (χ4v) is 1.58. The van der Waals surface area contributed by atoms with Gasteiger partial charge in [0.2, 0.25) is 0 Å². The molecule has 0 saturated carbocycles. The van der Waals surface area contributed by atoms with Crippen LogP contribution in [-0.2, 0) is 6.42 Å². The van der Waals surface area contributed by atoms with Gasteiger partial charge < -0.3 is 10.4 Å². The standard InChI is InChI=1S/C13H21NO/c1-13(15,10-11-14-2)9-8-12-6-4-3-5-7-12/h3-7,14-15H,8-11H2,1-2H3. The van der Waals surface area contributed by atoms with Gasteiger partial charge in [-0.1, -0.05) is 30.3 Å². The summed E-state index contributed by atoms with van der Waals surface area (Å²) in [5, 5.41) is 13.1. The summed E-state index contributed by atoms with van der Waals surface area (Å²) >= 11 is 0. The molecule has 0 aliphatic rings. The summed E-state index contributed by atoms with van der Waals surface area (Å²) in [7, 11) is 1.91. The lowest BCUT2D eigenvalue weighted by Gasteiger charge is -2.23. The predicted octanol–water partition coefficient (Wildman–Crippen LogP) is 1.98. The fourth-order valence-electron chi connectivity index (χ4n) is 1.58. The van der Waals surface area contributed by atoms with Crippen LogP contribution in [0.4, 0.5) is 0 Å². The SMILES string of the molecule is CNCCC(C)(O)CCc1ccccc1. The molecule has 0 aliphatic carbocycles. The molecule has 1 rings (SSSR count). The van der Waals surface area contributed by atoms with E-state index in [0.29, 0.717) is 0 Å². The highest BCUT2D eigenvalue weighted by Gasteiger charge is 2.18.